The van der Waals surface area contributed by atoms with Crippen molar-refractivity contribution >= 4 is 11.8 Å². The molecular weight excluding hydrogens is 771 g/mol. The molecule has 3 nitrogen and oxygen atoms in total. The quantitative estimate of drug-likeness (QED) is 0.168. The van der Waals surface area contributed by atoms with Crippen LogP contribution in [-0.2, 0) is 5.41 Å². The second-order valence-electron chi connectivity index (χ2n) is 15.9. The zero-order valence-electron chi connectivity index (χ0n) is 33.6. The van der Waals surface area contributed by atoms with E-state index >= 15 is 0 Å². The van der Waals surface area contributed by atoms with E-state index in [2.05, 4.69) is 200 Å². The summed E-state index contributed by atoms with van der Waals surface area (Å²) < 4.78 is 0. The zero-order valence-corrected chi connectivity index (χ0v) is 34.4. The van der Waals surface area contributed by atoms with Crippen molar-refractivity contribution in [2.75, 3.05) is 0 Å². The topological polar surface area (TPSA) is 38.7 Å². The summed E-state index contributed by atoms with van der Waals surface area (Å²) in [5, 5.41) is 0. The molecule has 290 valence electrons. The molecule has 12 rings (SSSR count). The van der Waals surface area contributed by atoms with Gasteiger partial charge in [-0.15, -0.1) is 0 Å². The smallest absolute Gasteiger partial charge is 0.164 e. The number of aromatic nitrogens is 3. The first-order valence-corrected chi connectivity index (χ1v) is 21.8. The third-order valence-corrected chi connectivity index (χ3v) is 13.6. The molecule has 0 bridgehead atoms. The fourth-order valence-electron chi connectivity index (χ4n) is 9.60. The van der Waals surface area contributed by atoms with Crippen molar-refractivity contribution in [1.82, 2.24) is 15.0 Å². The lowest BCUT2D eigenvalue weighted by atomic mass is 9.67. The summed E-state index contributed by atoms with van der Waals surface area (Å²) in [6, 6.07) is 80.5. The first kappa shape index (κ1) is 36.2. The monoisotopic (exact) mass is 807 g/mol. The molecular formula is C58H37N3S. The molecule has 10 aromatic rings. The number of rotatable bonds is 6. The van der Waals surface area contributed by atoms with E-state index < -0.39 is 5.41 Å². The minimum Gasteiger partial charge on any atom is -0.208 e. The molecule has 0 saturated carbocycles. The lowest BCUT2D eigenvalue weighted by Gasteiger charge is -2.40. The van der Waals surface area contributed by atoms with Crippen LogP contribution in [0.2, 0.25) is 0 Å². The Kier molecular flexibility index (Phi) is 8.65. The molecule has 0 N–H and O–H groups in total. The zero-order chi connectivity index (χ0) is 41.0. The highest BCUT2D eigenvalue weighted by molar-refractivity contribution is 7.99. The van der Waals surface area contributed by atoms with E-state index in [1.807, 2.05) is 36.0 Å². The fraction of sp³-hybridized carbons (Fsp3) is 0.0172. The predicted octanol–water partition coefficient (Wildman–Crippen LogP) is 14.7. The average molecular weight is 808 g/mol. The van der Waals surface area contributed by atoms with E-state index in [9.17, 15) is 0 Å². The van der Waals surface area contributed by atoms with Crippen LogP contribution in [0.4, 0.5) is 0 Å². The van der Waals surface area contributed by atoms with Crippen molar-refractivity contribution in [2.45, 2.75) is 15.2 Å². The number of fused-ring (bicyclic) bond motifs is 9. The van der Waals surface area contributed by atoms with Gasteiger partial charge in [0.05, 0.1) is 5.41 Å². The highest BCUT2D eigenvalue weighted by Crippen LogP contribution is 2.63. The Morgan fingerprint density at radius 3 is 1.34 bits per heavy atom. The van der Waals surface area contributed by atoms with Gasteiger partial charge < -0.3 is 0 Å². The van der Waals surface area contributed by atoms with Gasteiger partial charge in [-0.05, 0) is 85.0 Å². The van der Waals surface area contributed by atoms with Crippen molar-refractivity contribution in [3.8, 4) is 78.7 Å². The van der Waals surface area contributed by atoms with Crippen molar-refractivity contribution < 1.29 is 0 Å². The minimum atomic E-state index is -0.418. The van der Waals surface area contributed by atoms with Gasteiger partial charge in [-0.3, -0.25) is 0 Å². The van der Waals surface area contributed by atoms with Crippen molar-refractivity contribution in [1.29, 1.82) is 0 Å². The Hall–Kier alpha value is -7.66. The van der Waals surface area contributed by atoms with Gasteiger partial charge in [0.15, 0.2) is 17.5 Å². The highest BCUT2D eigenvalue weighted by atomic mass is 32.2. The third-order valence-electron chi connectivity index (χ3n) is 12.4. The van der Waals surface area contributed by atoms with E-state index in [1.54, 1.807) is 0 Å². The maximum absolute atomic E-state index is 5.11. The molecule has 0 saturated heterocycles. The maximum atomic E-state index is 5.11. The molecule has 0 atom stereocenters. The molecule has 1 aromatic heterocycles. The van der Waals surface area contributed by atoms with E-state index in [0.29, 0.717) is 17.5 Å². The molecule has 9 aromatic carbocycles. The second kappa shape index (κ2) is 14.8. The lowest BCUT2D eigenvalue weighted by Crippen LogP contribution is -2.32. The Bertz CT molecular complexity index is 3280. The molecule has 4 heteroatoms. The van der Waals surface area contributed by atoms with Gasteiger partial charge >= 0.3 is 0 Å². The van der Waals surface area contributed by atoms with Gasteiger partial charge in [0.2, 0.25) is 0 Å². The molecule has 1 aliphatic heterocycles. The third kappa shape index (κ3) is 5.87. The molecule has 0 amide bonds. The molecule has 2 heterocycles. The standard InChI is InChI=1S/C58H37N3S/c1-3-16-38(17-4-1)39-32-34-41(35-33-39)56-59-55(40-18-5-2-6-19-40)60-57(61-56)45-23-14-21-43(37-45)42-20-13-22-44(36-42)46-26-15-30-52-54(46)62-53-31-12-11-29-51(53)58(52)49-27-9-7-24-47(49)48-25-8-10-28-50(48)58/h1-37H. The Labute approximate surface area is 365 Å². The first-order valence-electron chi connectivity index (χ1n) is 21.0. The Balaban J connectivity index is 0.957. The lowest BCUT2D eigenvalue weighted by molar-refractivity contribution is 0.723. The Morgan fingerprint density at radius 1 is 0.274 bits per heavy atom. The number of hydrogen-bond donors (Lipinski definition) is 0. The maximum Gasteiger partial charge on any atom is 0.164 e. The normalized spacial score (nSPS) is 12.9. The largest absolute Gasteiger partial charge is 0.208 e. The van der Waals surface area contributed by atoms with E-state index in [-0.39, 0.29) is 0 Å². The number of nitrogens with zero attached hydrogens (tertiary/aromatic N) is 3. The van der Waals surface area contributed by atoms with Crippen LogP contribution >= 0.6 is 11.8 Å². The van der Waals surface area contributed by atoms with E-state index in [4.69, 9.17) is 15.0 Å². The second-order valence-corrected chi connectivity index (χ2v) is 17.0. The average Bonchev–Trinajstić information content (AvgIpc) is 3.65. The fourth-order valence-corrected chi connectivity index (χ4v) is 10.9. The SMILES string of the molecule is c1ccc(-c2ccc(-c3nc(-c4ccccc4)nc(-c4cccc(-c5cccc(-c6cccc7c6Sc6ccccc6C76c7ccccc7-c7ccccc76)c5)c4)n3)cc2)cc1. The summed E-state index contributed by atoms with van der Waals surface area (Å²) in [7, 11) is 0. The molecule has 0 fully saturated rings. The van der Waals surface area contributed by atoms with Gasteiger partial charge in [0, 0.05) is 26.5 Å². The van der Waals surface area contributed by atoms with Crippen molar-refractivity contribution in [3.05, 3.63) is 247 Å². The molecule has 62 heavy (non-hydrogen) atoms. The van der Waals surface area contributed by atoms with E-state index in [1.165, 1.54) is 59.9 Å². The summed E-state index contributed by atoms with van der Waals surface area (Å²) in [5.74, 6) is 1.91. The molecule has 2 aliphatic rings. The van der Waals surface area contributed by atoms with Crippen LogP contribution in [0, 0.1) is 0 Å². The number of hydrogen-bond acceptors (Lipinski definition) is 4. The Morgan fingerprint density at radius 2 is 0.677 bits per heavy atom. The molecule has 1 aliphatic carbocycles. The summed E-state index contributed by atoms with van der Waals surface area (Å²) in [6.07, 6.45) is 0. The van der Waals surface area contributed by atoms with Crippen LogP contribution in [-0.4, -0.2) is 15.0 Å². The first-order chi connectivity index (χ1) is 30.7. The van der Waals surface area contributed by atoms with Crippen LogP contribution < -0.4 is 0 Å². The summed E-state index contributed by atoms with van der Waals surface area (Å²) in [5.41, 5.74) is 17.3. The van der Waals surface area contributed by atoms with Crippen molar-refractivity contribution in [3.63, 3.8) is 0 Å². The highest BCUT2D eigenvalue weighted by Gasteiger charge is 2.50. The van der Waals surface area contributed by atoms with Crippen LogP contribution in [0.5, 0.6) is 0 Å². The minimum absolute atomic E-state index is 0.418. The van der Waals surface area contributed by atoms with E-state index in [0.717, 1.165) is 33.4 Å². The molecule has 0 radical (unpaired) electrons. The summed E-state index contributed by atoms with van der Waals surface area (Å²) in [6.45, 7) is 0. The van der Waals surface area contributed by atoms with Gasteiger partial charge in [-0.2, -0.15) is 0 Å². The molecule has 1 spiro atoms. The van der Waals surface area contributed by atoms with Crippen LogP contribution in [0.25, 0.3) is 78.7 Å². The van der Waals surface area contributed by atoms with Gasteiger partial charge in [0.25, 0.3) is 0 Å². The predicted molar refractivity (Wildman–Crippen MR) is 254 cm³/mol. The van der Waals surface area contributed by atoms with Gasteiger partial charge in [-0.25, -0.2) is 15.0 Å². The summed E-state index contributed by atoms with van der Waals surface area (Å²) >= 11 is 1.89. The van der Waals surface area contributed by atoms with Crippen LogP contribution in [0.3, 0.4) is 0 Å². The van der Waals surface area contributed by atoms with Gasteiger partial charge in [-0.1, -0.05) is 218 Å². The van der Waals surface area contributed by atoms with Gasteiger partial charge in [0.1, 0.15) is 0 Å². The number of benzene rings is 9. The molecule has 0 unspecified atom stereocenters. The van der Waals surface area contributed by atoms with Crippen LogP contribution in [0.15, 0.2) is 234 Å². The van der Waals surface area contributed by atoms with Crippen molar-refractivity contribution in [2.24, 2.45) is 0 Å². The van der Waals surface area contributed by atoms with Crippen LogP contribution in [0.1, 0.15) is 22.3 Å². The summed E-state index contributed by atoms with van der Waals surface area (Å²) in [4.78, 5) is 17.8.